The van der Waals surface area contributed by atoms with Crippen molar-refractivity contribution >= 4 is 54.1 Å². The van der Waals surface area contributed by atoms with Crippen LogP contribution in [-0.2, 0) is 0 Å². The number of hydrogen-bond donors (Lipinski definition) is 1. The van der Waals surface area contributed by atoms with Crippen LogP contribution in [0.5, 0.6) is 5.75 Å². The van der Waals surface area contributed by atoms with E-state index in [1.807, 2.05) is 13.8 Å². The largest absolute Gasteiger partial charge is 0.507 e. The van der Waals surface area contributed by atoms with Crippen molar-refractivity contribution in [2.75, 3.05) is 0 Å². The first kappa shape index (κ1) is 12.2. The van der Waals surface area contributed by atoms with Gasteiger partial charge in [-0.05, 0) is 72.7 Å². The lowest BCUT2D eigenvalue weighted by Crippen LogP contribution is -1.81. The van der Waals surface area contributed by atoms with Crippen LogP contribution in [0.3, 0.4) is 0 Å². The van der Waals surface area contributed by atoms with Gasteiger partial charge in [-0.3, -0.25) is 0 Å². The molecule has 0 saturated heterocycles. The van der Waals surface area contributed by atoms with Crippen LogP contribution in [0.4, 0.5) is 0 Å². The summed E-state index contributed by atoms with van der Waals surface area (Å²) in [5, 5.41) is 12.6. The smallest absolute Gasteiger partial charge is 0.122 e. The molecule has 1 heterocycles. The highest BCUT2D eigenvalue weighted by Crippen LogP contribution is 2.41. The molecule has 0 aliphatic rings. The third kappa shape index (κ3) is 1.64. The molecule has 0 aliphatic carbocycles. The zero-order chi connectivity index (χ0) is 13.0. The molecule has 0 bridgehead atoms. The summed E-state index contributed by atoms with van der Waals surface area (Å²) in [6.45, 7) is 6.10. The Bertz CT molecular complexity index is 786. The van der Waals surface area contributed by atoms with E-state index in [2.05, 4.69) is 47.7 Å². The molecule has 18 heavy (non-hydrogen) atoms. The van der Waals surface area contributed by atoms with Crippen molar-refractivity contribution in [3.63, 3.8) is 0 Å². The molecule has 1 nitrogen and oxygen atoms in total. The number of aryl methyl sites for hydroxylation is 3. The predicted octanol–water partition coefficient (Wildman–Crippen LogP) is 5.29. The fourth-order valence-electron chi connectivity index (χ4n) is 2.36. The zero-order valence-electron chi connectivity index (χ0n) is 10.5. The molecule has 3 rings (SSSR count). The molecular weight excluding hydrogens is 355 g/mol. The Morgan fingerprint density at radius 2 is 1.67 bits per heavy atom. The summed E-state index contributed by atoms with van der Waals surface area (Å²) >= 11 is 4.15. The molecular formula is C15H13IOS. The summed E-state index contributed by atoms with van der Waals surface area (Å²) in [5.74, 6) is 0.431. The monoisotopic (exact) mass is 368 g/mol. The Kier molecular flexibility index (Phi) is 2.79. The number of phenolic OH excluding ortho intramolecular Hbond substituents is 1. The summed E-state index contributed by atoms with van der Waals surface area (Å²) < 4.78 is 3.80. The van der Waals surface area contributed by atoms with E-state index in [4.69, 9.17) is 0 Å². The predicted molar refractivity (Wildman–Crippen MR) is 87.9 cm³/mol. The van der Waals surface area contributed by atoms with E-state index in [1.165, 1.54) is 29.3 Å². The third-order valence-corrected chi connectivity index (χ3v) is 5.89. The number of fused-ring (bicyclic) bond motifs is 3. The van der Waals surface area contributed by atoms with Crippen LogP contribution in [-0.4, -0.2) is 5.11 Å². The normalized spacial score (nSPS) is 11.6. The highest BCUT2D eigenvalue weighted by Gasteiger charge is 2.13. The summed E-state index contributed by atoms with van der Waals surface area (Å²) in [4.78, 5) is 0. The van der Waals surface area contributed by atoms with Gasteiger partial charge >= 0.3 is 0 Å². The maximum absolute atomic E-state index is 10.0. The van der Waals surface area contributed by atoms with Gasteiger partial charge in [-0.25, -0.2) is 0 Å². The van der Waals surface area contributed by atoms with Gasteiger partial charge in [0.1, 0.15) is 5.75 Å². The molecule has 0 amide bonds. The van der Waals surface area contributed by atoms with Crippen molar-refractivity contribution in [1.29, 1.82) is 0 Å². The average molecular weight is 368 g/mol. The molecule has 2 aromatic carbocycles. The Balaban J connectivity index is 2.56. The Hall–Kier alpha value is -0.810. The summed E-state index contributed by atoms with van der Waals surface area (Å²) in [5.41, 5.74) is 3.26. The van der Waals surface area contributed by atoms with Gasteiger partial charge in [0.15, 0.2) is 0 Å². The van der Waals surface area contributed by atoms with Crippen LogP contribution in [0.25, 0.3) is 20.2 Å². The number of phenols is 1. The highest BCUT2D eigenvalue weighted by atomic mass is 127. The van der Waals surface area contributed by atoms with E-state index in [0.29, 0.717) is 5.75 Å². The SMILES string of the molecule is Cc1cc2c(cc1I)sc1c(C)c(O)c(C)cc12. The van der Waals surface area contributed by atoms with Gasteiger partial charge in [-0.1, -0.05) is 0 Å². The average Bonchev–Trinajstić information content (AvgIpc) is 2.66. The van der Waals surface area contributed by atoms with Gasteiger partial charge in [0, 0.05) is 29.3 Å². The van der Waals surface area contributed by atoms with Gasteiger partial charge in [0.25, 0.3) is 0 Å². The van der Waals surface area contributed by atoms with E-state index in [9.17, 15) is 5.11 Å². The first-order valence-corrected chi connectivity index (χ1v) is 7.70. The van der Waals surface area contributed by atoms with Gasteiger partial charge in [-0.15, -0.1) is 11.3 Å². The van der Waals surface area contributed by atoms with Crippen molar-refractivity contribution in [2.24, 2.45) is 0 Å². The lowest BCUT2D eigenvalue weighted by Gasteiger charge is -2.04. The zero-order valence-corrected chi connectivity index (χ0v) is 13.4. The maximum Gasteiger partial charge on any atom is 0.122 e. The minimum absolute atomic E-state index is 0.431. The first-order valence-electron chi connectivity index (χ1n) is 5.80. The number of thiophene rings is 1. The minimum atomic E-state index is 0.431. The summed E-state index contributed by atoms with van der Waals surface area (Å²) in [7, 11) is 0. The highest BCUT2D eigenvalue weighted by molar-refractivity contribution is 14.1. The number of hydrogen-bond acceptors (Lipinski definition) is 2. The van der Waals surface area contributed by atoms with Crippen molar-refractivity contribution in [1.82, 2.24) is 0 Å². The van der Waals surface area contributed by atoms with Crippen LogP contribution in [0.15, 0.2) is 18.2 Å². The lowest BCUT2D eigenvalue weighted by molar-refractivity contribution is 0.468. The Morgan fingerprint density at radius 3 is 2.39 bits per heavy atom. The molecule has 3 heteroatoms. The molecule has 92 valence electrons. The fraction of sp³-hybridized carbons (Fsp3) is 0.200. The van der Waals surface area contributed by atoms with Crippen LogP contribution >= 0.6 is 33.9 Å². The summed E-state index contributed by atoms with van der Waals surface area (Å²) in [6, 6.07) is 6.59. The number of benzene rings is 2. The molecule has 0 unspecified atom stereocenters. The topological polar surface area (TPSA) is 20.2 Å². The number of halogens is 1. The number of aromatic hydroxyl groups is 1. The Morgan fingerprint density at radius 1 is 1.00 bits per heavy atom. The van der Waals surface area contributed by atoms with Crippen LogP contribution in [0.1, 0.15) is 16.7 Å². The van der Waals surface area contributed by atoms with Crippen LogP contribution in [0, 0.1) is 24.3 Å². The van der Waals surface area contributed by atoms with Crippen molar-refractivity contribution in [2.45, 2.75) is 20.8 Å². The maximum atomic E-state index is 10.0. The molecule has 0 radical (unpaired) electrons. The molecule has 1 N–H and O–H groups in total. The third-order valence-electron chi connectivity index (χ3n) is 3.44. The van der Waals surface area contributed by atoms with Crippen LogP contribution in [0.2, 0.25) is 0 Å². The van der Waals surface area contributed by atoms with Crippen molar-refractivity contribution in [3.05, 3.63) is 38.5 Å². The number of rotatable bonds is 0. The molecule has 0 atom stereocenters. The minimum Gasteiger partial charge on any atom is -0.507 e. The van der Waals surface area contributed by atoms with E-state index < -0.39 is 0 Å². The second-order valence-corrected chi connectivity index (χ2v) is 6.96. The summed E-state index contributed by atoms with van der Waals surface area (Å²) in [6.07, 6.45) is 0. The standard InChI is InChI=1S/C15H13IOS/c1-7-4-10-11-5-8(2)14(17)9(3)15(11)18-13(10)6-12(7)16/h4-6,17H,1-3H3. The molecule has 0 fully saturated rings. The lowest BCUT2D eigenvalue weighted by atomic mass is 10.0. The molecule has 0 spiro atoms. The first-order chi connectivity index (χ1) is 8.49. The van der Waals surface area contributed by atoms with Gasteiger partial charge in [-0.2, -0.15) is 0 Å². The van der Waals surface area contributed by atoms with E-state index in [-0.39, 0.29) is 0 Å². The fourth-order valence-corrected chi connectivity index (χ4v) is 4.24. The molecule has 3 aromatic rings. The van der Waals surface area contributed by atoms with E-state index >= 15 is 0 Å². The Labute approximate surface area is 124 Å². The van der Waals surface area contributed by atoms with Crippen LogP contribution < -0.4 is 0 Å². The molecule has 0 aliphatic heterocycles. The van der Waals surface area contributed by atoms with Gasteiger partial charge in [0.05, 0.1) is 0 Å². The van der Waals surface area contributed by atoms with Gasteiger partial charge < -0.3 is 5.11 Å². The molecule has 1 aromatic heterocycles. The van der Waals surface area contributed by atoms with E-state index in [0.717, 1.165) is 11.1 Å². The quantitative estimate of drug-likeness (QED) is 0.535. The van der Waals surface area contributed by atoms with Crippen molar-refractivity contribution in [3.8, 4) is 5.75 Å². The van der Waals surface area contributed by atoms with Crippen molar-refractivity contribution < 1.29 is 5.11 Å². The molecule has 0 saturated carbocycles. The van der Waals surface area contributed by atoms with Gasteiger partial charge in [0.2, 0.25) is 0 Å². The van der Waals surface area contributed by atoms with E-state index in [1.54, 1.807) is 11.3 Å². The second-order valence-electron chi connectivity index (χ2n) is 4.74. The second kappa shape index (κ2) is 4.10.